The Labute approximate surface area is 179 Å². The first kappa shape index (κ1) is 23.8. The monoisotopic (exact) mass is 435 g/mol. The number of nitrogens with zero attached hydrogens (tertiary/aromatic N) is 5. The summed E-state index contributed by atoms with van der Waals surface area (Å²) in [6.07, 6.45) is 6.05. The van der Waals surface area contributed by atoms with E-state index in [9.17, 15) is 14.7 Å². The van der Waals surface area contributed by atoms with Gasteiger partial charge in [-0.05, 0) is 32.1 Å². The summed E-state index contributed by atoms with van der Waals surface area (Å²) >= 11 is 0. The van der Waals surface area contributed by atoms with Crippen LogP contribution in [0.3, 0.4) is 0 Å². The van der Waals surface area contributed by atoms with Gasteiger partial charge in [-0.1, -0.05) is 0 Å². The van der Waals surface area contributed by atoms with Gasteiger partial charge >= 0.3 is 12.1 Å². The summed E-state index contributed by atoms with van der Waals surface area (Å²) in [5.41, 5.74) is 14.5. The molecular formula is C18H29N9O4. The lowest BCUT2D eigenvalue weighted by molar-refractivity contribution is -0.144. The van der Waals surface area contributed by atoms with E-state index >= 15 is 0 Å². The van der Waals surface area contributed by atoms with Crippen LogP contribution >= 0.6 is 0 Å². The number of guanidine groups is 1. The van der Waals surface area contributed by atoms with E-state index in [0.717, 1.165) is 23.4 Å². The normalized spacial score (nSPS) is 11.8. The molecule has 7 N–H and O–H groups in total. The first-order chi connectivity index (χ1) is 14.9. The lowest BCUT2D eigenvalue weighted by Gasteiger charge is -2.27. The summed E-state index contributed by atoms with van der Waals surface area (Å²) in [4.78, 5) is 43.3. The van der Waals surface area contributed by atoms with Crippen LogP contribution in [-0.2, 0) is 16.0 Å². The SMILES string of the molecule is CNN(C(=O)OCCCCCc1ncc2[nH]cnc2n1)[C@H](CCCN=C(N)N)C(=O)O. The van der Waals surface area contributed by atoms with Gasteiger partial charge in [0.1, 0.15) is 17.4 Å². The fourth-order valence-electron chi connectivity index (χ4n) is 2.91. The number of aliphatic imine (C=N–C) groups is 1. The number of carboxylic acid groups (broad SMARTS) is 1. The summed E-state index contributed by atoms with van der Waals surface area (Å²) in [7, 11) is 1.46. The maximum Gasteiger partial charge on any atom is 0.425 e. The number of fused-ring (bicyclic) bond motifs is 1. The van der Waals surface area contributed by atoms with Crippen molar-refractivity contribution in [3.05, 3.63) is 18.3 Å². The third-order valence-corrected chi connectivity index (χ3v) is 4.46. The molecule has 13 heteroatoms. The Morgan fingerprint density at radius 2 is 2.10 bits per heavy atom. The predicted octanol–water partition coefficient (Wildman–Crippen LogP) is 0.146. The fraction of sp³-hybridized carbons (Fsp3) is 0.556. The van der Waals surface area contributed by atoms with E-state index in [4.69, 9.17) is 16.2 Å². The van der Waals surface area contributed by atoms with Gasteiger partial charge in [-0.15, -0.1) is 0 Å². The zero-order valence-electron chi connectivity index (χ0n) is 17.5. The number of carbonyl (C=O) groups excluding carboxylic acids is 1. The molecule has 0 saturated heterocycles. The molecule has 2 heterocycles. The summed E-state index contributed by atoms with van der Waals surface area (Å²) in [6.45, 7) is 0.451. The van der Waals surface area contributed by atoms with E-state index in [2.05, 4.69) is 30.4 Å². The van der Waals surface area contributed by atoms with Crippen molar-refractivity contribution >= 4 is 29.2 Å². The van der Waals surface area contributed by atoms with Crippen molar-refractivity contribution in [3.63, 3.8) is 0 Å². The maximum atomic E-state index is 12.3. The Kier molecular flexibility index (Phi) is 9.42. The van der Waals surface area contributed by atoms with Gasteiger partial charge in [0, 0.05) is 20.0 Å². The van der Waals surface area contributed by atoms with Gasteiger partial charge < -0.3 is 26.3 Å². The number of hydrogen-bond donors (Lipinski definition) is 5. The summed E-state index contributed by atoms with van der Waals surface area (Å²) < 4.78 is 5.22. The number of aryl methyl sites for hydroxylation is 1. The number of aliphatic carboxylic acids is 1. The number of hydrogen-bond acceptors (Lipinski definition) is 8. The van der Waals surface area contributed by atoms with Gasteiger partial charge in [0.2, 0.25) is 0 Å². The molecule has 0 radical (unpaired) electrons. The highest BCUT2D eigenvalue weighted by Gasteiger charge is 2.29. The number of carboxylic acids is 1. The molecule has 0 aliphatic heterocycles. The van der Waals surface area contributed by atoms with E-state index in [-0.39, 0.29) is 25.5 Å². The van der Waals surface area contributed by atoms with Crippen LogP contribution in [0.1, 0.15) is 37.9 Å². The predicted molar refractivity (Wildman–Crippen MR) is 113 cm³/mol. The number of rotatable bonds is 13. The number of nitrogens with one attached hydrogen (secondary N) is 2. The molecule has 1 atom stereocenters. The van der Waals surface area contributed by atoms with E-state index in [1.807, 2.05) is 0 Å². The van der Waals surface area contributed by atoms with Crippen LogP contribution in [-0.4, -0.2) is 74.3 Å². The number of imidazole rings is 1. The van der Waals surface area contributed by atoms with Crippen molar-refractivity contribution < 1.29 is 19.4 Å². The minimum atomic E-state index is -1.15. The first-order valence-corrected chi connectivity index (χ1v) is 9.99. The van der Waals surface area contributed by atoms with Crippen LogP contribution in [0.25, 0.3) is 11.2 Å². The van der Waals surface area contributed by atoms with Crippen LogP contribution in [0.15, 0.2) is 17.5 Å². The molecule has 170 valence electrons. The van der Waals surface area contributed by atoms with Crippen LogP contribution in [0.2, 0.25) is 0 Å². The van der Waals surface area contributed by atoms with Crippen LogP contribution in [0.5, 0.6) is 0 Å². The third-order valence-electron chi connectivity index (χ3n) is 4.46. The number of H-pyrrole nitrogens is 1. The van der Waals surface area contributed by atoms with Crippen LogP contribution in [0.4, 0.5) is 4.79 Å². The van der Waals surface area contributed by atoms with E-state index < -0.39 is 18.1 Å². The van der Waals surface area contributed by atoms with Gasteiger partial charge in [-0.2, -0.15) is 0 Å². The standard InChI is InChI=1S/C18H29N9O4/c1-21-27(13(16(28)29)6-5-8-22-17(19)20)18(30)31-9-4-2-3-7-14-23-10-12-15(26-14)25-11-24-12/h10-11,13,21H,2-9H2,1H3,(H,28,29)(H4,19,20,22)(H,23,24,25,26)/t13-/m1/s1. The van der Waals surface area contributed by atoms with Gasteiger partial charge in [0.15, 0.2) is 11.6 Å². The quantitative estimate of drug-likeness (QED) is 0.125. The molecule has 2 aromatic rings. The molecule has 2 rings (SSSR count). The average Bonchev–Trinajstić information content (AvgIpc) is 3.20. The zero-order valence-corrected chi connectivity index (χ0v) is 17.5. The molecule has 0 bridgehead atoms. The second-order valence-electron chi connectivity index (χ2n) is 6.75. The number of aromatic nitrogens is 4. The van der Waals surface area contributed by atoms with Gasteiger partial charge in [0.25, 0.3) is 0 Å². The van der Waals surface area contributed by atoms with Crippen molar-refractivity contribution in [2.75, 3.05) is 20.2 Å². The summed E-state index contributed by atoms with van der Waals surface area (Å²) in [6, 6.07) is -1.10. The summed E-state index contributed by atoms with van der Waals surface area (Å²) in [5.74, 6) is -0.502. The minimum absolute atomic E-state index is 0.0648. The lowest BCUT2D eigenvalue weighted by atomic mass is 10.1. The van der Waals surface area contributed by atoms with E-state index in [0.29, 0.717) is 30.7 Å². The Hall–Kier alpha value is -3.48. The van der Waals surface area contributed by atoms with Gasteiger partial charge in [-0.3, -0.25) is 4.99 Å². The Bertz CT molecular complexity index is 882. The second kappa shape index (κ2) is 12.3. The number of ether oxygens (including phenoxy) is 1. The second-order valence-corrected chi connectivity index (χ2v) is 6.75. The number of carbonyl (C=O) groups is 2. The molecule has 0 unspecified atom stereocenters. The Morgan fingerprint density at radius 3 is 2.81 bits per heavy atom. The smallest absolute Gasteiger partial charge is 0.425 e. The first-order valence-electron chi connectivity index (χ1n) is 9.99. The summed E-state index contributed by atoms with van der Waals surface area (Å²) in [5, 5.41) is 10.4. The Balaban J connectivity index is 1.70. The fourth-order valence-corrected chi connectivity index (χ4v) is 2.91. The van der Waals surface area contributed by atoms with Gasteiger partial charge in [-0.25, -0.2) is 35.0 Å². The molecule has 0 spiro atoms. The van der Waals surface area contributed by atoms with Crippen molar-refractivity contribution in [2.45, 2.75) is 44.6 Å². The maximum absolute atomic E-state index is 12.3. The van der Waals surface area contributed by atoms with E-state index in [1.165, 1.54) is 7.05 Å². The number of unbranched alkanes of at least 4 members (excludes halogenated alkanes) is 2. The lowest BCUT2D eigenvalue weighted by Crippen LogP contribution is -2.51. The largest absolute Gasteiger partial charge is 0.480 e. The van der Waals surface area contributed by atoms with Crippen molar-refractivity contribution in [3.8, 4) is 0 Å². The zero-order chi connectivity index (χ0) is 22.6. The molecule has 0 aromatic carbocycles. The molecular weight excluding hydrogens is 406 g/mol. The molecule has 13 nitrogen and oxygen atoms in total. The van der Waals surface area contributed by atoms with Crippen LogP contribution in [0, 0.1) is 0 Å². The topological polar surface area (TPSA) is 198 Å². The molecule has 0 aliphatic rings. The van der Waals surface area contributed by atoms with Crippen molar-refractivity contribution in [1.82, 2.24) is 30.4 Å². The number of hydrazine groups is 1. The molecule has 0 aliphatic carbocycles. The van der Waals surface area contributed by atoms with Gasteiger partial charge in [0.05, 0.1) is 19.1 Å². The molecule has 1 amide bonds. The minimum Gasteiger partial charge on any atom is -0.480 e. The number of nitrogens with two attached hydrogens (primary N) is 2. The molecule has 0 fully saturated rings. The van der Waals surface area contributed by atoms with Crippen molar-refractivity contribution in [1.29, 1.82) is 0 Å². The number of aromatic amines is 1. The number of amides is 1. The highest BCUT2D eigenvalue weighted by Crippen LogP contribution is 2.10. The molecule has 2 aromatic heterocycles. The average molecular weight is 435 g/mol. The highest BCUT2D eigenvalue weighted by molar-refractivity contribution is 5.79. The Morgan fingerprint density at radius 1 is 1.29 bits per heavy atom. The molecule has 31 heavy (non-hydrogen) atoms. The highest BCUT2D eigenvalue weighted by atomic mass is 16.6. The third kappa shape index (κ3) is 7.70. The van der Waals surface area contributed by atoms with Crippen molar-refractivity contribution in [2.24, 2.45) is 16.5 Å². The van der Waals surface area contributed by atoms with Crippen LogP contribution < -0.4 is 16.9 Å². The van der Waals surface area contributed by atoms with E-state index in [1.54, 1.807) is 12.5 Å². The molecule has 0 saturated carbocycles.